The molecule has 0 saturated heterocycles. The lowest BCUT2D eigenvalue weighted by molar-refractivity contribution is 0.109. The smallest absolute Gasteiger partial charge is 0.0681 e. The van der Waals surface area contributed by atoms with Gasteiger partial charge < -0.3 is 10.2 Å². The molecule has 1 aliphatic carbocycles. The fourth-order valence-electron chi connectivity index (χ4n) is 2.40. The maximum Gasteiger partial charge on any atom is 0.0681 e. The molecule has 2 rings (SSSR count). The summed E-state index contributed by atoms with van der Waals surface area (Å²) < 4.78 is 0. The Morgan fingerprint density at radius 2 is 1.72 bits per heavy atom. The van der Waals surface area contributed by atoms with E-state index in [1.165, 1.54) is 24.8 Å². The summed E-state index contributed by atoms with van der Waals surface area (Å²) in [7, 11) is 0. The monoisotopic (exact) mass is 249 g/mol. The first-order chi connectivity index (χ1) is 8.83. The minimum absolute atomic E-state index is 0.108. The van der Waals surface area contributed by atoms with E-state index in [1.807, 2.05) is 12.1 Å². The van der Waals surface area contributed by atoms with Crippen LogP contribution in [0.5, 0.6) is 0 Å². The molecule has 0 spiro atoms. The molecule has 3 nitrogen and oxygen atoms in total. The van der Waals surface area contributed by atoms with Gasteiger partial charge in [0.2, 0.25) is 0 Å². The third-order valence-electron chi connectivity index (χ3n) is 3.79. The van der Waals surface area contributed by atoms with Gasteiger partial charge in [0.25, 0.3) is 0 Å². The molecule has 3 heteroatoms. The van der Waals surface area contributed by atoms with E-state index in [4.69, 9.17) is 10.2 Å². The van der Waals surface area contributed by atoms with Crippen LogP contribution in [0.4, 0.5) is 0 Å². The summed E-state index contributed by atoms with van der Waals surface area (Å²) in [5.41, 5.74) is 2.25. The Morgan fingerprint density at radius 3 is 2.22 bits per heavy atom. The van der Waals surface area contributed by atoms with E-state index in [2.05, 4.69) is 17.0 Å². The lowest BCUT2D eigenvalue weighted by Gasteiger charge is -2.37. The summed E-state index contributed by atoms with van der Waals surface area (Å²) in [6, 6.07) is 8.86. The van der Waals surface area contributed by atoms with E-state index < -0.39 is 0 Å². The molecule has 0 atom stereocenters. The fourth-order valence-corrected chi connectivity index (χ4v) is 2.40. The SMILES string of the molecule is OCCCN(Cc1ccc(CO)cc1)C1CCC1. The van der Waals surface area contributed by atoms with Crippen molar-refractivity contribution in [1.29, 1.82) is 0 Å². The predicted octanol–water partition coefficient (Wildman–Crippen LogP) is 1.92. The Labute approximate surface area is 109 Å². The van der Waals surface area contributed by atoms with Gasteiger partial charge in [-0.25, -0.2) is 0 Å². The van der Waals surface area contributed by atoms with Crippen LogP contribution in [0.15, 0.2) is 24.3 Å². The second kappa shape index (κ2) is 6.88. The van der Waals surface area contributed by atoms with E-state index in [0.717, 1.165) is 25.1 Å². The molecule has 100 valence electrons. The summed E-state index contributed by atoms with van der Waals surface area (Å²) in [6.45, 7) is 2.31. The van der Waals surface area contributed by atoms with E-state index in [-0.39, 0.29) is 13.2 Å². The van der Waals surface area contributed by atoms with Crippen molar-refractivity contribution < 1.29 is 10.2 Å². The van der Waals surface area contributed by atoms with Gasteiger partial charge in [-0.2, -0.15) is 0 Å². The van der Waals surface area contributed by atoms with Crippen molar-refractivity contribution in [2.75, 3.05) is 13.2 Å². The van der Waals surface area contributed by atoms with E-state index in [1.54, 1.807) is 0 Å². The van der Waals surface area contributed by atoms with Crippen molar-refractivity contribution in [3.05, 3.63) is 35.4 Å². The third-order valence-corrected chi connectivity index (χ3v) is 3.79. The fraction of sp³-hybridized carbons (Fsp3) is 0.600. The minimum atomic E-state index is 0.108. The zero-order valence-corrected chi connectivity index (χ0v) is 10.9. The van der Waals surface area contributed by atoms with Crippen molar-refractivity contribution in [2.45, 2.75) is 44.9 Å². The van der Waals surface area contributed by atoms with Gasteiger partial charge in [-0.3, -0.25) is 4.90 Å². The van der Waals surface area contributed by atoms with E-state index in [9.17, 15) is 0 Å². The van der Waals surface area contributed by atoms with Crippen molar-refractivity contribution in [1.82, 2.24) is 4.90 Å². The van der Waals surface area contributed by atoms with E-state index >= 15 is 0 Å². The van der Waals surface area contributed by atoms with E-state index in [0.29, 0.717) is 6.04 Å². The van der Waals surface area contributed by atoms with Crippen LogP contribution in [0, 0.1) is 0 Å². The lowest BCUT2D eigenvalue weighted by Crippen LogP contribution is -2.40. The molecule has 1 saturated carbocycles. The molecule has 2 N–H and O–H groups in total. The molecule has 0 heterocycles. The minimum Gasteiger partial charge on any atom is -0.396 e. The van der Waals surface area contributed by atoms with Crippen LogP contribution < -0.4 is 0 Å². The quantitative estimate of drug-likeness (QED) is 0.776. The Kier molecular flexibility index (Phi) is 5.17. The molecule has 0 amide bonds. The van der Waals surface area contributed by atoms with Crippen LogP contribution >= 0.6 is 0 Å². The normalized spacial score (nSPS) is 15.9. The average Bonchev–Trinajstić information content (AvgIpc) is 2.34. The summed E-state index contributed by atoms with van der Waals surface area (Å²) in [5, 5.41) is 18.0. The molecular formula is C15H23NO2. The van der Waals surface area contributed by atoms with Gasteiger partial charge in [0.15, 0.2) is 0 Å². The second-order valence-corrected chi connectivity index (χ2v) is 5.11. The number of nitrogens with zero attached hydrogens (tertiary/aromatic N) is 1. The number of rotatable bonds is 7. The second-order valence-electron chi connectivity index (χ2n) is 5.11. The first-order valence-corrected chi connectivity index (χ1v) is 6.87. The van der Waals surface area contributed by atoms with Crippen LogP contribution in [0.1, 0.15) is 36.8 Å². The number of benzene rings is 1. The molecule has 0 unspecified atom stereocenters. The van der Waals surface area contributed by atoms with Crippen LogP contribution in [0.2, 0.25) is 0 Å². The van der Waals surface area contributed by atoms with Crippen molar-refractivity contribution in [2.24, 2.45) is 0 Å². The largest absolute Gasteiger partial charge is 0.396 e. The van der Waals surface area contributed by atoms with Gasteiger partial charge >= 0.3 is 0 Å². The number of hydrogen-bond donors (Lipinski definition) is 2. The Balaban J connectivity index is 1.93. The average molecular weight is 249 g/mol. The lowest BCUT2D eigenvalue weighted by atomic mass is 9.91. The highest BCUT2D eigenvalue weighted by molar-refractivity contribution is 5.22. The van der Waals surface area contributed by atoms with Crippen molar-refractivity contribution in [3.8, 4) is 0 Å². The number of aliphatic hydroxyl groups is 2. The highest BCUT2D eigenvalue weighted by atomic mass is 16.3. The zero-order valence-electron chi connectivity index (χ0n) is 10.9. The highest BCUT2D eigenvalue weighted by Crippen LogP contribution is 2.26. The van der Waals surface area contributed by atoms with Crippen LogP contribution in [-0.4, -0.2) is 34.3 Å². The van der Waals surface area contributed by atoms with Gasteiger partial charge in [-0.05, 0) is 30.4 Å². The maximum absolute atomic E-state index is 9.02. The molecule has 1 aliphatic rings. The summed E-state index contributed by atoms with van der Waals surface area (Å²) >= 11 is 0. The standard InChI is InChI=1S/C15H23NO2/c17-10-2-9-16(15-3-1-4-15)11-13-5-7-14(12-18)8-6-13/h5-8,15,17-18H,1-4,9-12H2. The van der Waals surface area contributed by atoms with Crippen molar-refractivity contribution in [3.63, 3.8) is 0 Å². The molecule has 0 aliphatic heterocycles. The third kappa shape index (κ3) is 3.55. The first-order valence-electron chi connectivity index (χ1n) is 6.87. The molecule has 18 heavy (non-hydrogen) atoms. The van der Waals surface area contributed by atoms with Gasteiger partial charge in [0.1, 0.15) is 0 Å². The van der Waals surface area contributed by atoms with Gasteiger partial charge in [0, 0.05) is 25.7 Å². The molecule has 0 radical (unpaired) electrons. The predicted molar refractivity (Wildman–Crippen MR) is 72.1 cm³/mol. The maximum atomic E-state index is 9.02. The van der Waals surface area contributed by atoms with Crippen LogP contribution in [-0.2, 0) is 13.2 Å². The molecule has 1 fully saturated rings. The Hall–Kier alpha value is -0.900. The van der Waals surface area contributed by atoms with Crippen LogP contribution in [0.3, 0.4) is 0 Å². The number of aliphatic hydroxyl groups excluding tert-OH is 2. The zero-order chi connectivity index (χ0) is 12.8. The van der Waals surface area contributed by atoms with Crippen molar-refractivity contribution >= 4 is 0 Å². The Bertz CT molecular complexity index is 346. The molecule has 1 aromatic rings. The summed E-state index contributed by atoms with van der Waals surface area (Å²) in [4.78, 5) is 2.48. The molecule has 1 aromatic carbocycles. The van der Waals surface area contributed by atoms with Gasteiger partial charge in [0.05, 0.1) is 6.61 Å². The molecular weight excluding hydrogens is 226 g/mol. The molecule has 0 aromatic heterocycles. The first kappa shape index (κ1) is 13.5. The molecule has 0 bridgehead atoms. The topological polar surface area (TPSA) is 43.7 Å². The van der Waals surface area contributed by atoms with Gasteiger partial charge in [-0.15, -0.1) is 0 Å². The summed E-state index contributed by atoms with van der Waals surface area (Å²) in [6.07, 6.45) is 4.77. The van der Waals surface area contributed by atoms with Gasteiger partial charge in [-0.1, -0.05) is 30.7 Å². The summed E-state index contributed by atoms with van der Waals surface area (Å²) in [5.74, 6) is 0. The number of hydrogen-bond acceptors (Lipinski definition) is 3. The highest BCUT2D eigenvalue weighted by Gasteiger charge is 2.24. The Morgan fingerprint density at radius 1 is 1.06 bits per heavy atom. The van der Waals surface area contributed by atoms with Crippen LogP contribution in [0.25, 0.3) is 0 Å².